The Morgan fingerprint density at radius 3 is 3.08 bits per heavy atom. The van der Waals surface area contributed by atoms with E-state index in [9.17, 15) is 4.39 Å². The zero-order chi connectivity index (χ0) is 8.81. The molecule has 0 bridgehead atoms. The number of nitrogens with two attached hydrogens (primary N) is 1. The highest BCUT2D eigenvalue weighted by Crippen LogP contribution is 2.11. The fraction of sp³-hybridized carbons (Fsp3) is 0.375. The van der Waals surface area contributed by atoms with Gasteiger partial charge in [0.15, 0.2) is 0 Å². The number of anilines is 1. The summed E-state index contributed by atoms with van der Waals surface area (Å²) < 4.78 is 12.3. The summed E-state index contributed by atoms with van der Waals surface area (Å²) in [6.07, 6.45) is 1.62. The Balaban J connectivity index is 2.68. The molecule has 0 saturated heterocycles. The van der Waals surface area contributed by atoms with Gasteiger partial charge in [-0.1, -0.05) is 6.07 Å². The minimum Gasteiger partial charge on any atom is -0.368 e. The molecule has 4 heteroatoms. The van der Waals surface area contributed by atoms with Crippen LogP contribution in [0.1, 0.15) is 5.56 Å². The number of aromatic nitrogens is 1. The van der Waals surface area contributed by atoms with Crippen molar-refractivity contribution < 1.29 is 4.39 Å². The van der Waals surface area contributed by atoms with Crippen LogP contribution in [0.2, 0.25) is 0 Å². The summed E-state index contributed by atoms with van der Waals surface area (Å²) in [4.78, 5) is 3.98. The molecule has 0 aliphatic carbocycles. The van der Waals surface area contributed by atoms with E-state index in [1.54, 1.807) is 18.3 Å². The molecule has 0 atom stereocenters. The molecule has 1 aromatic heterocycles. The second-order valence-corrected chi connectivity index (χ2v) is 2.36. The second kappa shape index (κ2) is 4.66. The van der Waals surface area contributed by atoms with Gasteiger partial charge < -0.3 is 11.1 Å². The Hall–Kier alpha value is -1.16. The third-order valence-corrected chi connectivity index (χ3v) is 1.47. The number of pyridine rings is 1. The molecule has 0 saturated carbocycles. The van der Waals surface area contributed by atoms with Crippen molar-refractivity contribution >= 4 is 5.82 Å². The normalized spacial score (nSPS) is 9.83. The van der Waals surface area contributed by atoms with Gasteiger partial charge in [0.05, 0.1) is 0 Å². The van der Waals surface area contributed by atoms with Crippen LogP contribution in [0.15, 0.2) is 18.3 Å². The van der Waals surface area contributed by atoms with Crippen LogP contribution in [0.3, 0.4) is 0 Å². The highest BCUT2D eigenvalue weighted by atomic mass is 19.1. The number of nitrogens with one attached hydrogen (secondary N) is 1. The Morgan fingerprint density at radius 1 is 1.58 bits per heavy atom. The SMILES string of the molecule is NCCNc1ncccc1CF. The molecule has 1 aromatic rings. The van der Waals surface area contributed by atoms with E-state index in [-0.39, 0.29) is 0 Å². The molecule has 1 heterocycles. The molecule has 0 aliphatic rings. The monoisotopic (exact) mass is 169 g/mol. The second-order valence-electron chi connectivity index (χ2n) is 2.36. The van der Waals surface area contributed by atoms with Gasteiger partial charge in [-0.25, -0.2) is 9.37 Å². The lowest BCUT2D eigenvalue weighted by molar-refractivity contribution is 0.485. The molecule has 0 amide bonds. The number of rotatable bonds is 4. The summed E-state index contributed by atoms with van der Waals surface area (Å²) in [6.45, 7) is 0.632. The standard InChI is InChI=1S/C8H12FN3/c9-6-7-2-1-4-11-8(7)12-5-3-10/h1-2,4H,3,5-6,10H2,(H,11,12). The van der Waals surface area contributed by atoms with Crippen LogP contribution in [0, 0.1) is 0 Å². The lowest BCUT2D eigenvalue weighted by atomic mass is 10.3. The van der Waals surface area contributed by atoms with E-state index < -0.39 is 6.67 Å². The van der Waals surface area contributed by atoms with Crippen molar-refractivity contribution in [1.29, 1.82) is 0 Å². The maximum Gasteiger partial charge on any atom is 0.131 e. The van der Waals surface area contributed by atoms with Gasteiger partial charge in [0.1, 0.15) is 12.5 Å². The van der Waals surface area contributed by atoms with Gasteiger partial charge >= 0.3 is 0 Å². The number of hydrogen-bond acceptors (Lipinski definition) is 3. The molecule has 0 aliphatic heterocycles. The van der Waals surface area contributed by atoms with Gasteiger partial charge in [-0.3, -0.25) is 0 Å². The summed E-state index contributed by atoms with van der Waals surface area (Å²) in [5.41, 5.74) is 5.86. The quantitative estimate of drug-likeness (QED) is 0.704. The zero-order valence-electron chi connectivity index (χ0n) is 6.76. The van der Waals surface area contributed by atoms with Crippen LogP contribution in [-0.4, -0.2) is 18.1 Å². The van der Waals surface area contributed by atoms with Crippen LogP contribution >= 0.6 is 0 Å². The summed E-state index contributed by atoms with van der Waals surface area (Å²) in [7, 11) is 0. The number of halogens is 1. The predicted molar refractivity (Wildman–Crippen MR) is 46.6 cm³/mol. The van der Waals surface area contributed by atoms with Crippen LogP contribution in [-0.2, 0) is 6.67 Å². The van der Waals surface area contributed by atoms with Crippen molar-refractivity contribution in [2.45, 2.75) is 6.67 Å². The van der Waals surface area contributed by atoms with Crippen LogP contribution in [0.4, 0.5) is 10.2 Å². The third kappa shape index (κ3) is 2.17. The minimum absolute atomic E-state index is 0.499. The number of hydrogen-bond donors (Lipinski definition) is 2. The topological polar surface area (TPSA) is 50.9 Å². The van der Waals surface area contributed by atoms with E-state index in [1.165, 1.54) is 0 Å². The van der Waals surface area contributed by atoms with E-state index >= 15 is 0 Å². The predicted octanol–water partition coefficient (Wildman–Crippen LogP) is 0.922. The van der Waals surface area contributed by atoms with E-state index in [1.807, 2.05) is 0 Å². The summed E-state index contributed by atoms with van der Waals surface area (Å²) >= 11 is 0. The molecule has 1 rings (SSSR count). The molecule has 0 radical (unpaired) electrons. The number of alkyl halides is 1. The van der Waals surface area contributed by atoms with Gasteiger partial charge in [-0.15, -0.1) is 0 Å². The third-order valence-electron chi connectivity index (χ3n) is 1.47. The molecular weight excluding hydrogens is 157 g/mol. The summed E-state index contributed by atoms with van der Waals surface area (Å²) in [5, 5.41) is 2.94. The largest absolute Gasteiger partial charge is 0.368 e. The maximum absolute atomic E-state index is 12.3. The van der Waals surface area contributed by atoms with E-state index in [0.717, 1.165) is 0 Å². The minimum atomic E-state index is -0.499. The van der Waals surface area contributed by atoms with Crippen molar-refractivity contribution in [3.05, 3.63) is 23.9 Å². The van der Waals surface area contributed by atoms with Crippen LogP contribution < -0.4 is 11.1 Å². The molecule has 3 nitrogen and oxygen atoms in total. The Kier molecular flexibility index (Phi) is 3.47. The Bertz CT molecular complexity index is 239. The lowest BCUT2D eigenvalue weighted by Gasteiger charge is -2.06. The van der Waals surface area contributed by atoms with Gasteiger partial charge in [-0.2, -0.15) is 0 Å². The maximum atomic E-state index is 12.3. The van der Waals surface area contributed by atoms with Crippen LogP contribution in [0.5, 0.6) is 0 Å². The van der Waals surface area contributed by atoms with Crippen LogP contribution in [0.25, 0.3) is 0 Å². The molecule has 3 N–H and O–H groups in total. The fourth-order valence-corrected chi connectivity index (χ4v) is 0.896. The highest BCUT2D eigenvalue weighted by Gasteiger charge is 1.99. The van der Waals surface area contributed by atoms with E-state index in [0.29, 0.717) is 24.5 Å². The van der Waals surface area contributed by atoms with E-state index in [2.05, 4.69) is 10.3 Å². The number of nitrogens with zero attached hydrogens (tertiary/aromatic N) is 1. The molecule has 0 spiro atoms. The first-order valence-electron chi connectivity index (χ1n) is 3.82. The first-order valence-corrected chi connectivity index (χ1v) is 3.82. The average molecular weight is 169 g/mol. The van der Waals surface area contributed by atoms with Gasteiger partial charge in [0.25, 0.3) is 0 Å². The molecule has 0 aromatic carbocycles. The van der Waals surface area contributed by atoms with Gasteiger partial charge in [0.2, 0.25) is 0 Å². The molecular formula is C8H12FN3. The first-order chi connectivity index (χ1) is 5.88. The first kappa shape index (κ1) is 8.93. The molecule has 0 unspecified atom stereocenters. The van der Waals surface area contributed by atoms with E-state index in [4.69, 9.17) is 5.73 Å². The Morgan fingerprint density at radius 2 is 2.42 bits per heavy atom. The summed E-state index contributed by atoms with van der Waals surface area (Å²) in [5.74, 6) is 0.588. The smallest absolute Gasteiger partial charge is 0.131 e. The summed E-state index contributed by atoms with van der Waals surface area (Å²) in [6, 6.07) is 3.41. The Labute approximate surface area is 70.8 Å². The van der Waals surface area contributed by atoms with Gasteiger partial charge in [0, 0.05) is 24.8 Å². The highest BCUT2D eigenvalue weighted by molar-refractivity contribution is 5.43. The van der Waals surface area contributed by atoms with Crippen molar-refractivity contribution in [3.8, 4) is 0 Å². The zero-order valence-corrected chi connectivity index (χ0v) is 6.76. The van der Waals surface area contributed by atoms with Crippen molar-refractivity contribution in [2.75, 3.05) is 18.4 Å². The van der Waals surface area contributed by atoms with Gasteiger partial charge in [-0.05, 0) is 6.07 Å². The molecule has 0 fully saturated rings. The van der Waals surface area contributed by atoms with Crippen molar-refractivity contribution in [3.63, 3.8) is 0 Å². The lowest BCUT2D eigenvalue weighted by Crippen LogP contribution is -2.14. The molecule has 66 valence electrons. The average Bonchev–Trinajstić information content (AvgIpc) is 2.15. The van der Waals surface area contributed by atoms with Crippen molar-refractivity contribution in [2.24, 2.45) is 5.73 Å². The van der Waals surface area contributed by atoms with Crippen molar-refractivity contribution in [1.82, 2.24) is 4.98 Å². The molecule has 12 heavy (non-hydrogen) atoms. The fourth-order valence-electron chi connectivity index (χ4n) is 0.896.